The van der Waals surface area contributed by atoms with Gasteiger partial charge in [0.05, 0.1) is 4.90 Å². The molecule has 6 nitrogen and oxygen atoms in total. The molecule has 0 aliphatic carbocycles. The predicted molar refractivity (Wildman–Crippen MR) is 92.9 cm³/mol. The number of halogens is 1. The van der Waals surface area contributed by atoms with Crippen LogP contribution >= 0.6 is 11.6 Å². The van der Waals surface area contributed by atoms with Crippen LogP contribution in [-0.2, 0) is 19.4 Å². The summed E-state index contributed by atoms with van der Waals surface area (Å²) in [6.45, 7) is 1.37. The number of hydrogen-bond donors (Lipinski definition) is 2. The van der Waals surface area contributed by atoms with Crippen molar-refractivity contribution in [1.29, 1.82) is 0 Å². The van der Waals surface area contributed by atoms with Crippen molar-refractivity contribution in [2.45, 2.75) is 11.8 Å². The van der Waals surface area contributed by atoms with Gasteiger partial charge in [0.2, 0.25) is 11.8 Å². The average molecular weight is 367 g/mol. The van der Waals surface area contributed by atoms with E-state index < -0.39 is 21.5 Å². The minimum Gasteiger partial charge on any atom is -0.326 e. The first-order chi connectivity index (χ1) is 11.3. The van der Waals surface area contributed by atoms with Crippen LogP contribution in [0.15, 0.2) is 53.4 Å². The van der Waals surface area contributed by atoms with Crippen molar-refractivity contribution in [3.63, 3.8) is 0 Å². The van der Waals surface area contributed by atoms with Gasteiger partial charge in [0, 0.05) is 23.3 Å². The number of rotatable bonds is 5. The van der Waals surface area contributed by atoms with Gasteiger partial charge in [0.15, 0.2) is 9.84 Å². The van der Waals surface area contributed by atoms with Gasteiger partial charge in [-0.3, -0.25) is 9.59 Å². The minimum atomic E-state index is -3.77. The number of carbonyl (C=O) groups excluding carboxylic acids is 2. The van der Waals surface area contributed by atoms with Crippen molar-refractivity contribution in [3.05, 3.63) is 53.6 Å². The van der Waals surface area contributed by atoms with Crippen LogP contribution in [0.25, 0.3) is 0 Å². The van der Waals surface area contributed by atoms with Crippen LogP contribution < -0.4 is 10.6 Å². The van der Waals surface area contributed by atoms with E-state index in [1.54, 1.807) is 18.2 Å². The molecule has 126 valence electrons. The molecular formula is C16H15ClN2O4S. The number of sulfone groups is 1. The molecule has 8 heteroatoms. The Morgan fingerprint density at radius 2 is 1.58 bits per heavy atom. The monoisotopic (exact) mass is 366 g/mol. The fraction of sp³-hybridized carbons (Fsp3) is 0.125. The summed E-state index contributed by atoms with van der Waals surface area (Å²) < 4.78 is 24.4. The van der Waals surface area contributed by atoms with E-state index >= 15 is 0 Å². The molecule has 0 saturated heterocycles. The van der Waals surface area contributed by atoms with E-state index in [2.05, 4.69) is 10.6 Å². The lowest BCUT2D eigenvalue weighted by molar-refractivity contribution is -0.114. The van der Waals surface area contributed by atoms with E-state index in [0.717, 1.165) is 0 Å². The Morgan fingerprint density at radius 1 is 1.00 bits per heavy atom. The van der Waals surface area contributed by atoms with E-state index in [4.69, 9.17) is 11.6 Å². The van der Waals surface area contributed by atoms with Crippen LogP contribution in [0.3, 0.4) is 0 Å². The molecule has 0 aliphatic rings. The van der Waals surface area contributed by atoms with Gasteiger partial charge in [-0.2, -0.15) is 0 Å². The standard InChI is InChI=1S/C16H15ClN2O4S/c1-11(20)18-13-3-2-4-14(9-13)19-16(21)10-24(22,23)15-7-5-12(17)6-8-15/h2-9H,10H2,1H3,(H,18,20)(H,19,21). The summed E-state index contributed by atoms with van der Waals surface area (Å²) in [7, 11) is -3.77. The van der Waals surface area contributed by atoms with E-state index in [1.807, 2.05) is 0 Å². The lowest BCUT2D eigenvalue weighted by atomic mass is 10.2. The Bertz CT molecular complexity index is 864. The van der Waals surface area contributed by atoms with Crippen molar-refractivity contribution < 1.29 is 18.0 Å². The maximum atomic E-state index is 12.2. The van der Waals surface area contributed by atoms with Crippen LogP contribution in [0.1, 0.15) is 6.92 Å². The van der Waals surface area contributed by atoms with Crippen molar-refractivity contribution in [2.75, 3.05) is 16.4 Å². The molecule has 2 rings (SSSR count). The molecule has 0 fully saturated rings. The Morgan fingerprint density at radius 3 is 2.17 bits per heavy atom. The first-order valence-corrected chi connectivity index (χ1v) is 8.95. The van der Waals surface area contributed by atoms with Crippen molar-refractivity contribution in [3.8, 4) is 0 Å². The highest BCUT2D eigenvalue weighted by atomic mass is 35.5. The molecule has 0 radical (unpaired) electrons. The van der Waals surface area contributed by atoms with Gasteiger partial charge >= 0.3 is 0 Å². The van der Waals surface area contributed by atoms with E-state index in [-0.39, 0.29) is 10.8 Å². The molecule has 2 aromatic carbocycles. The van der Waals surface area contributed by atoms with Crippen molar-refractivity contribution >= 4 is 44.6 Å². The summed E-state index contributed by atoms with van der Waals surface area (Å²) in [4.78, 5) is 23.0. The summed E-state index contributed by atoms with van der Waals surface area (Å²) in [5.41, 5.74) is 0.887. The van der Waals surface area contributed by atoms with E-state index in [9.17, 15) is 18.0 Å². The molecule has 0 atom stereocenters. The van der Waals surface area contributed by atoms with Gasteiger partial charge < -0.3 is 10.6 Å². The van der Waals surface area contributed by atoms with Gasteiger partial charge in [-0.15, -0.1) is 0 Å². The maximum absolute atomic E-state index is 12.2. The molecule has 0 saturated carbocycles. The zero-order chi connectivity index (χ0) is 17.7. The molecule has 24 heavy (non-hydrogen) atoms. The van der Waals surface area contributed by atoms with Crippen LogP contribution in [0.2, 0.25) is 5.02 Å². The predicted octanol–water partition coefficient (Wildman–Crippen LogP) is 2.71. The number of anilines is 2. The second-order valence-corrected chi connectivity index (χ2v) is 7.45. The zero-order valence-corrected chi connectivity index (χ0v) is 14.3. The highest BCUT2D eigenvalue weighted by Crippen LogP contribution is 2.17. The van der Waals surface area contributed by atoms with E-state index in [1.165, 1.54) is 37.3 Å². The van der Waals surface area contributed by atoms with E-state index in [0.29, 0.717) is 16.4 Å². The van der Waals surface area contributed by atoms with Crippen molar-refractivity contribution in [1.82, 2.24) is 0 Å². The fourth-order valence-electron chi connectivity index (χ4n) is 1.97. The number of carbonyl (C=O) groups is 2. The average Bonchev–Trinajstić information content (AvgIpc) is 2.46. The lowest BCUT2D eigenvalue weighted by Crippen LogP contribution is -2.23. The summed E-state index contributed by atoms with van der Waals surface area (Å²) >= 11 is 5.72. The molecule has 2 N–H and O–H groups in total. The van der Waals surface area contributed by atoms with Crippen LogP contribution in [0.4, 0.5) is 11.4 Å². The minimum absolute atomic E-state index is 0.0223. The lowest BCUT2D eigenvalue weighted by Gasteiger charge is -2.08. The Labute approximate surface area is 144 Å². The molecule has 0 aliphatic heterocycles. The Hall–Kier alpha value is -2.38. The second-order valence-electron chi connectivity index (χ2n) is 5.02. The number of amides is 2. The number of hydrogen-bond acceptors (Lipinski definition) is 4. The molecule has 0 heterocycles. The normalized spacial score (nSPS) is 10.9. The number of benzene rings is 2. The molecule has 0 aromatic heterocycles. The van der Waals surface area contributed by atoms with Gasteiger partial charge in [-0.05, 0) is 42.5 Å². The third kappa shape index (κ3) is 5.07. The summed E-state index contributed by atoms with van der Waals surface area (Å²) in [6, 6.07) is 12.0. The Balaban J connectivity index is 2.07. The second kappa shape index (κ2) is 7.46. The molecule has 2 amide bonds. The third-order valence-electron chi connectivity index (χ3n) is 2.96. The fourth-order valence-corrected chi connectivity index (χ4v) is 3.23. The zero-order valence-electron chi connectivity index (χ0n) is 12.7. The topological polar surface area (TPSA) is 92.3 Å². The van der Waals surface area contributed by atoms with Crippen molar-refractivity contribution in [2.24, 2.45) is 0 Å². The highest BCUT2D eigenvalue weighted by molar-refractivity contribution is 7.92. The summed E-state index contributed by atoms with van der Waals surface area (Å²) in [5.74, 6) is -1.62. The quantitative estimate of drug-likeness (QED) is 0.850. The van der Waals surface area contributed by atoms with Crippen LogP contribution in [0.5, 0.6) is 0 Å². The molecular weight excluding hydrogens is 352 g/mol. The number of nitrogens with one attached hydrogen (secondary N) is 2. The molecule has 2 aromatic rings. The SMILES string of the molecule is CC(=O)Nc1cccc(NC(=O)CS(=O)(=O)c2ccc(Cl)cc2)c1. The van der Waals surface area contributed by atoms with Gasteiger partial charge in [-0.1, -0.05) is 17.7 Å². The maximum Gasteiger partial charge on any atom is 0.239 e. The largest absolute Gasteiger partial charge is 0.326 e. The molecule has 0 bridgehead atoms. The smallest absolute Gasteiger partial charge is 0.239 e. The Kier molecular flexibility index (Phi) is 5.58. The van der Waals surface area contributed by atoms with Gasteiger partial charge in [0.1, 0.15) is 5.75 Å². The summed E-state index contributed by atoms with van der Waals surface area (Å²) in [5, 5.41) is 5.48. The van der Waals surface area contributed by atoms with Gasteiger partial charge in [0.25, 0.3) is 0 Å². The van der Waals surface area contributed by atoms with Gasteiger partial charge in [-0.25, -0.2) is 8.42 Å². The molecule has 0 unspecified atom stereocenters. The summed E-state index contributed by atoms with van der Waals surface area (Å²) in [6.07, 6.45) is 0. The highest BCUT2D eigenvalue weighted by Gasteiger charge is 2.19. The molecule has 0 spiro atoms. The first kappa shape index (κ1) is 18.0. The van der Waals surface area contributed by atoms with Crippen LogP contribution in [0, 0.1) is 0 Å². The van der Waals surface area contributed by atoms with Crippen LogP contribution in [-0.4, -0.2) is 26.0 Å². The third-order valence-corrected chi connectivity index (χ3v) is 4.85. The first-order valence-electron chi connectivity index (χ1n) is 6.92.